The van der Waals surface area contributed by atoms with Gasteiger partial charge in [-0.05, 0) is 95.8 Å². The number of hydrogen-bond donors (Lipinski definition) is 2. The van der Waals surface area contributed by atoms with Gasteiger partial charge in [0.1, 0.15) is 28.8 Å². The Kier molecular flexibility index (Phi) is 15.8. The topological polar surface area (TPSA) is 137 Å². The number of nitrogens with one attached hydrogen (secondary N) is 2. The zero-order valence-corrected chi connectivity index (χ0v) is 39.9. The summed E-state index contributed by atoms with van der Waals surface area (Å²) < 4.78 is 46.3. The monoisotopic (exact) mass is 908 g/mol. The van der Waals surface area contributed by atoms with Gasteiger partial charge in [0, 0.05) is 23.2 Å². The number of ether oxygens (including phenoxy) is 3. The number of carbonyl (C=O) groups is 3. The van der Waals surface area contributed by atoms with Crippen molar-refractivity contribution in [3.63, 3.8) is 0 Å². The van der Waals surface area contributed by atoms with E-state index in [0.717, 1.165) is 24.0 Å². The van der Waals surface area contributed by atoms with Gasteiger partial charge in [0.25, 0.3) is 11.8 Å². The van der Waals surface area contributed by atoms with Gasteiger partial charge in [0.05, 0.1) is 4.90 Å². The van der Waals surface area contributed by atoms with E-state index >= 15 is 0 Å². The number of amides is 2. The van der Waals surface area contributed by atoms with Crippen LogP contribution >= 0.6 is 11.6 Å². The van der Waals surface area contributed by atoms with Crippen LogP contribution < -0.4 is 24.8 Å². The smallest absolute Gasteiger partial charge is 0.320 e. The third kappa shape index (κ3) is 11.5. The maximum atomic E-state index is 14.6. The molecule has 0 spiro atoms. The van der Waals surface area contributed by atoms with Crippen LogP contribution in [0.5, 0.6) is 17.2 Å². The SMILES string of the molecule is CCC(Oc1ccc(C(C)(C)CC)cc1C(C)(C)CC)C(=O)NCC(C)(C)C(=O)C(Cl)(Oc1ccc(S(=O)(=O)c2ccccc2OCc2ccccc2)cc1)C(=O)Nc1ccccc1. The molecule has 64 heavy (non-hydrogen) atoms. The average molecular weight is 910 g/mol. The molecule has 340 valence electrons. The Morgan fingerprint density at radius 3 is 1.91 bits per heavy atom. The van der Waals surface area contributed by atoms with Crippen molar-refractivity contribution in [1.82, 2.24) is 5.32 Å². The zero-order chi connectivity index (χ0) is 46.9. The molecule has 2 N–H and O–H groups in total. The maximum absolute atomic E-state index is 14.6. The van der Waals surface area contributed by atoms with Gasteiger partial charge in [0.15, 0.2) is 6.10 Å². The van der Waals surface area contributed by atoms with Gasteiger partial charge in [-0.25, -0.2) is 8.42 Å². The highest BCUT2D eigenvalue weighted by Gasteiger charge is 2.53. The summed E-state index contributed by atoms with van der Waals surface area (Å²) in [5, 5.41) is 2.87. The molecule has 0 aliphatic rings. The van der Waals surface area contributed by atoms with Gasteiger partial charge in [-0.3, -0.25) is 14.4 Å². The van der Waals surface area contributed by atoms with E-state index in [4.69, 9.17) is 25.8 Å². The van der Waals surface area contributed by atoms with Crippen molar-refractivity contribution in [3.05, 3.63) is 144 Å². The Morgan fingerprint density at radius 1 is 0.703 bits per heavy atom. The van der Waals surface area contributed by atoms with Crippen molar-refractivity contribution in [2.24, 2.45) is 5.41 Å². The van der Waals surface area contributed by atoms with E-state index in [9.17, 15) is 22.8 Å². The minimum atomic E-state index is -4.11. The second-order valence-corrected chi connectivity index (χ2v) is 20.3. The van der Waals surface area contributed by atoms with Crippen molar-refractivity contribution < 1.29 is 37.0 Å². The summed E-state index contributed by atoms with van der Waals surface area (Å²) >= 11 is 7.03. The minimum Gasteiger partial charge on any atom is -0.488 e. The molecule has 0 aliphatic carbocycles. The summed E-state index contributed by atoms with van der Waals surface area (Å²) in [7, 11) is -4.11. The van der Waals surface area contributed by atoms with Crippen LogP contribution in [0.4, 0.5) is 5.69 Å². The van der Waals surface area contributed by atoms with E-state index in [1.54, 1.807) is 62.4 Å². The number of rotatable bonds is 21. The summed E-state index contributed by atoms with van der Waals surface area (Å²) in [4.78, 5) is 42.4. The maximum Gasteiger partial charge on any atom is 0.320 e. The van der Waals surface area contributed by atoms with Crippen LogP contribution in [0.25, 0.3) is 0 Å². The van der Waals surface area contributed by atoms with Gasteiger partial charge in [0.2, 0.25) is 15.6 Å². The number of halogens is 1. The Labute approximate surface area is 384 Å². The Bertz CT molecular complexity index is 2510. The van der Waals surface area contributed by atoms with E-state index in [1.165, 1.54) is 35.9 Å². The summed E-state index contributed by atoms with van der Waals surface area (Å²) in [5.74, 6) is -1.55. The Morgan fingerprint density at radius 2 is 1.30 bits per heavy atom. The lowest BCUT2D eigenvalue weighted by atomic mass is 9.76. The number of para-hydroxylation sites is 2. The van der Waals surface area contributed by atoms with Crippen LogP contribution in [0.1, 0.15) is 98.3 Å². The van der Waals surface area contributed by atoms with Crippen molar-refractivity contribution in [2.45, 2.75) is 120 Å². The van der Waals surface area contributed by atoms with Crippen molar-refractivity contribution in [2.75, 3.05) is 11.9 Å². The Balaban J connectivity index is 1.37. The number of Topliss-reactive ketones (excluding diaryl/α,β-unsaturated/α-hetero) is 1. The fourth-order valence-electron chi connectivity index (χ4n) is 6.82. The first kappa shape index (κ1) is 49.4. The van der Waals surface area contributed by atoms with Crippen molar-refractivity contribution in [1.29, 1.82) is 0 Å². The molecule has 0 fully saturated rings. The lowest BCUT2D eigenvalue weighted by Crippen LogP contribution is -2.57. The number of hydrogen-bond acceptors (Lipinski definition) is 8. The molecular weight excluding hydrogens is 848 g/mol. The standard InChI is InChI=1S/C52H61ClN2O8S/c1-10-42(62-43-32-27-37(49(4,5)11-2)33-41(43)50(6,7)12-3)46(56)54-35-51(8,9)47(57)52(53,48(58)55-38-23-17-14-18-24-38)63-39-28-30-40(31-29-39)64(59,60)45-26-20-19-25-44(45)61-34-36-21-15-13-16-22-36/h13-33,42H,10-12,34-35H2,1-9H3,(H,54,56)(H,55,58). The summed E-state index contributed by atoms with van der Waals surface area (Å²) in [6.07, 6.45) is 1.25. The molecule has 12 heteroatoms. The molecule has 0 aliphatic heterocycles. The van der Waals surface area contributed by atoms with Crippen LogP contribution in [0.2, 0.25) is 0 Å². The van der Waals surface area contributed by atoms with Crippen LogP contribution in [0.3, 0.4) is 0 Å². The number of anilines is 1. The van der Waals surface area contributed by atoms with Crippen LogP contribution in [-0.2, 0) is 41.7 Å². The van der Waals surface area contributed by atoms with Crippen LogP contribution in [0.15, 0.2) is 137 Å². The molecule has 0 aromatic heterocycles. The number of ketones is 1. The molecule has 2 amide bonds. The van der Waals surface area contributed by atoms with Gasteiger partial charge >= 0.3 is 5.06 Å². The van der Waals surface area contributed by atoms with Crippen LogP contribution in [0, 0.1) is 5.41 Å². The molecule has 0 bridgehead atoms. The fourth-order valence-corrected chi connectivity index (χ4v) is 8.61. The highest BCUT2D eigenvalue weighted by atomic mass is 35.5. The van der Waals surface area contributed by atoms with Crippen molar-refractivity contribution in [3.8, 4) is 17.2 Å². The van der Waals surface area contributed by atoms with Gasteiger partial charge < -0.3 is 24.8 Å². The van der Waals surface area contributed by atoms with E-state index in [1.807, 2.05) is 43.3 Å². The first-order valence-electron chi connectivity index (χ1n) is 21.7. The van der Waals surface area contributed by atoms with E-state index in [0.29, 0.717) is 17.9 Å². The Hall–Kier alpha value is -5.65. The third-order valence-electron chi connectivity index (χ3n) is 11.9. The van der Waals surface area contributed by atoms with Crippen molar-refractivity contribution >= 4 is 44.7 Å². The molecule has 0 heterocycles. The lowest BCUT2D eigenvalue weighted by Gasteiger charge is -2.34. The largest absolute Gasteiger partial charge is 0.488 e. The molecular formula is C52H61ClN2O8S. The first-order valence-corrected chi connectivity index (χ1v) is 23.5. The molecule has 0 saturated carbocycles. The predicted molar refractivity (Wildman–Crippen MR) is 253 cm³/mol. The quantitative estimate of drug-likeness (QED) is 0.0548. The highest BCUT2D eigenvalue weighted by Crippen LogP contribution is 2.40. The molecule has 5 rings (SSSR count). The number of alkyl halides is 1. The van der Waals surface area contributed by atoms with Gasteiger partial charge in [-0.1, -0.05) is 147 Å². The fraction of sp³-hybridized carbons (Fsp3) is 0.365. The second kappa shape index (κ2) is 20.5. The number of sulfone groups is 1. The molecule has 2 unspecified atom stereocenters. The average Bonchev–Trinajstić information content (AvgIpc) is 3.29. The second-order valence-electron chi connectivity index (χ2n) is 17.8. The molecule has 5 aromatic rings. The van der Waals surface area contributed by atoms with E-state index < -0.39 is 44.0 Å². The number of carbonyl (C=O) groups excluding carboxylic acids is 3. The summed E-state index contributed by atoms with van der Waals surface area (Å²) in [5.41, 5.74) is 1.66. The molecule has 2 atom stereocenters. The zero-order valence-electron chi connectivity index (χ0n) is 38.3. The van der Waals surface area contributed by atoms with Gasteiger partial charge in [-0.15, -0.1) is 0 Å². The summed E-state index contributed by atoms with van der Waals surface area (Å²) in [6.45, 7) is 17.9. The minimum absolute atomic E-state index is 0.0395. The van der Waals surface area contributed by atoms with Gasteiger partial charge in [-0.2, -0.15) is 0 Å². The van der Waals surface area contributed by atoms with E-state index in [2.05, 4.69) is 64.3 Å². The highest BCUT2D eigenvalue weighted by molar-refractivity contribution is 7.91. The number of benzene rings is 5. The van der Waals surface area contributed by atoms with E-state index in [-0.39, 0.29) is 45.3 Å². The molecule has 10 nitrogen and oxygen atoms in total. The third-order valence-corrected chi connectivity index (χ3v) is 14.1. The molecule has 5 aromatic carbocycles. The first-order chi connectivity index (χ1) is 30.2. The van der Waals surface area contributed by atoms with Crippen LogP contribution in [-0.4, -0.2) is 43.7 Å². The summed E-state index contributed by atoms with van der Waals surface area (Å²) in [6, 6.07) is 35.6. The molecule has 0 radical (unpaired) electrons. The molecule has 0 saturated heterocycles. The normalized spacial score (nSPS) is 13.5. The predicted octanol–water partition coefficient (Wildman–Crippen LogP) is 11.0. The lowest BCUT2D eigenvalue weighted by molar-refractivity contribution is -0.144.